The number of rotatable bonds is 55. The Balaban J connectivity index is 2.66. The Hall–Kier alpha value is -3.68. The Labute approximate surface area is 500 Å². The van der Waals surface area contributed by atoms with Crippen LogP contribution >= 0.6 is 0 Å². The van der Waals surface area contributed by atoms with E-state index in [4.69, 9.17) is 14.2 Å². The van der Waals surface area contributed by atoms with Crippen molar-refractivity contribution < 1.29 is 49.3 Å². The van der Waals surface area contributed by atoms with Gasteiger partial charge in [0.05, 0.1) is 25.4 Å². The number of esters is 1. The fraction of sp³-hybridized carbons (Fsp3) is 0.718. The molecule has 1 amide bonds. The van der Waals surface area contributed by atoms with Crippen molar-refractivity contribution in [3.8, 4) is 0 Å². The van der Waals surface area contributed by atoms with Gasteiger partial charge in [0, 0.05) is 12.8 Å². The van der Waals surface area contributed by atoms with Crippen LogP contribution in [-0.2, 0) is 23.8 Å². The number of allylic oxidation sites excluding steroid dienone is 16. The molecule has 1 rings (SSSR count). The first-order valence-electron chi connectivity index (χ1n) is 33.2. The summed E-state index contributed by atoms with van der Waals surface area (Å²) in [5.74, 6) is -1.29. The van der Waals surface area contributed by atoms with Crippen LogP contribution in [0.15, 0.2) is 109 Å². The van der Waals surface area contributed by atoms with E-state index in [9.17, 15) is 35.1 Å². The Bertz CT molecular complexity index is 1750. The smallest absolute Gasteiger partial charge is 0.306 e. The summed E-state index contributed by atoms with van der Waals surface area (Å²) in [6, 6.07) is -1.07. The van der Waals surface area contributed by atoms with Crippen LogP contribution < -0.4 is 5.32 Å². The molecule has 0 saturated carbocycles. The standard InChI is InChI=1S/C71H121NO10/c1-4-7-10-13-16-19-22-25-27-29-31-32-33-34-35-37-39-41-44-47-50-53-56-59-66(76)82-69-68(78)67(77)65(60-73)81-71(69)80-61-62(63(74)57-54-51-48-45-42-24-21-18-15-12-9-6-3)72-70(79)64(75)58-55-52-49-46-43-40-38-36-30-28-26-23-20-17-14-11-8-5-2/h8,11,16-17,19-20,25-28,36,38,43,46,52,54-55,57,62-65,67-69,71,73-75,77-78H,4-7,9-10,12-15,18,21-24,29-35,37,39-42,44-45,47-51,53,56,58-61H2,1-3H3,(H,72,79)/b11-8-,19-16-,20-17-,27-25-,28-26-,38-36-,46-43-,55-52-,57-54+. The second kappa shape index (κ2) is 57.7. The van der Waals surface area contributed by atoms with Crippen molar-refractivity contribution in [3.05, 3.63) is 109 Å². The zero-order valence-electron chi connectivity index (χ0n) is 52.1. The minimum absolute atomic E-state index is 0.0536. The van der Waals surface area contributed by atoms with Gasteiger partial charge >= 0.3 is 5.97 Å². The molecule has 11 nitrogen and oxygen atoms in total. The zero-order valence-corrected chi connectivity index (χ0v) is 52.1. The topological polar surface area (TPSA) is 175 Å². The van der Waals surface area contributed by atoms with Gasteiger partial charge < -0.3 is 45.1 Å². The first-order valence-corrected chi connectivity index (χ1v) is 33.2. The van der Waals surface area contributed by atoms with E-state index in [2.05, 4.69) is 105 Å². The molecule has 1 fully saturated rings. The number of carbonyl (C=O) groups is 2. The highest BCUT2D eigenvalue weighted by Crippen LogP contribution is 2.26. The summed E-state index contributed by atoms with van der Waals surface area (Å²) < 4.78 is 17.6. The maximum atomic E-state index is 13.4. The van der Waals surface area contributed by atoms with Gasteiger partial charge in [0.15, 0.2) is 12.4 Å². The number of ether oxygens (including phenoxy) is 3. The molecular weight excluding hydrogens is 1030 g/mol. The molecular formula is C71H121NO10. The highest BCUT2D eigenvalue weighted by atomic mass is 16.7. The predicted octanol–water partition coefficient (Wildman–Crippen LogP) is 16.4. The maximum Gasteiger partial charge on any atom is 0.306 e. The van der Waals surface area contributed by atoms with E-state index >= 15 is 0 Å². The molecule has 8 unspecified atom stereocenters. The molecule has 0 aromatic heterocycles. The predicted molar refractivity (Wildman–Crippen MR) is 342 cm³/mol. The highest BCUT2D eigenvalue weighted by molar-refractivity contribution is 5.81. The van der Waals surface area contributed by atoms with Gasteiger partial charge in [-0.1, -0.05) is 271 Å². The molecule has 6 N–H and O–H groups in total. The Kier molecular flexibility index (Phi) is 53.7. The van der Waals surface area contributed by atoms with Crippen LogP contribution in [0.2, 0.25) is 0 Å². The summed E-state index contributed by atoms with van der Waals surface area (Å²) >= 11 is 0. The fourth-order valence-electron chi connectivity index (χ4n) is 9.70. The zero-order chi connectivity index (χ0) is 59.6. The van der Waals surface area contributed by atoms with Crippen molar-refractivity contribution >= 4 is 11.9 Å². The van der Waals surface area contributed by atoms with Gasteiger partial charge in [-0.25, -0.2) is 0 Å². The third kappa shape index (κ3) is 44.8. The summed E-state index contributed by atoms with van der Waals surface area (Å²) in [4.78, 5) is 26.6. The van der Waals surface area contributed by atoms with Gasteiger partial charge in [0.1, 0.15) is 24.4 Å². The molecule has 470 valence electrons. The Morgan fingerprint density at radius 3 is 1.34 bits per heavy atom. The molecule has 1 saturated heterocycles. The molecule has 0 bridgehead atoms. The van der Waals surface area contributed by atoms with E-state index < -0.39 is 67.4 Å². The average Bonchev–Trinajstić information content (AvgIpc) is 3.68. The van der Waals surface area contributed by atoms with Gasteiger partial charge in [-0.15, -0.1) is 0 Å². The minimum atomic E-state index is -1.63. The molecule has 0 spiro atoms. The first kappa shape index (κ1) is 76.3. The molecule has 1 heterocycles. The van der Waals surface area contributed by atoms with E-state index in [1.807, 2.05) is 18.2 Å². The van der Waals surface area contributed by atoms with Crippen molar-refractivity contribution in [1.82, 2.24) is 5.32 Å². The van der Waals surface area contributed by atoms with E-state index in [1.165, 1.54) is 135 Å². The molecule has 82 heavy (non-hydrogen) atoms. The van der Waals surface area contributed by atoms with Crippen LogP contribution in [0.25, 0.3) is 0 Å². The molecule has 0 radical (unpaired) electrons. The second-order valence-corrected chi connectivity index (χ2v) is 22.5. The van der Waals surface area contributed by atoms with Gasteiger partial charge in [-0.2, -0.15) is 0 Å². The van der Waals surface area contributed by atoms with Crippen molar-refractivity contribution in [1.29, 1.82) is 0 Å². The number of hydrogen-bond donors (Lipinski definition) is 6. The maximum absolute atomic E-state index is 13.4. The largest absolute Gasteiger partial charge is 0.454 e. The number of aliphatic hydroxyl groups excluding tert-OH is 5. The van der Waals surface area contributed by atoms with E-state index in [1.54, 1.807) is 12.2 Å². The van der Waals surface area contributed by atoms with Gasteiger partial charge in [0.25, 0.3) is 0 Å². The van der Waals surface area contributed by atoms with Crippen LogP contribution in [0.1, 0.15) is 265 Å². The van der Waals surface area contributed by atoms with E-state index in [0.29, 0.717) is 12.8 Å². The van der Waals surface area contributed by atoms with Gasteiger partial charge in [-0.05, 0) is 89.9 Å². The molecule has 1 aliphatic heterocycles. The summed E-state index contributed by atoms with van der Waals surface area (Å²) in [6.45, 7) is 5.61. The number of carbonyl (C=O) groups excluding carboxylic acids is 2. The molecule has 11 heteroatoms. The summed E-state index contributed by atoms with van der Waals surface area (Å²) in [5, 5.41) is 57.0. The van der Waals surface area contributed by atoms with E-state index in [-0.39, 0.29) is 19.4 Å². The number of aliphatic hydroxyl groups is 5. The third-order valence-corrected chi connectivity index (χ3v) is 14.9. The number of nitrogens with one attached hydrogen (secondary N) is 1. The normalized spacial score (nSPS) is 19.3. The van der Waals surface area contributed by atoms with Crippen molar-refractivity contribution in [2.24, 2.45) is 0 Å². The third-order valence-electron chi connectivity index (χ3n) is 14.9. The minimum Gasteiger partial charge on any atom is -0.454 e. The first-order chi connectivity index (χ1) is 40.2. The van der Waals surface area contributed by atoms with Gasteiger partial charge in [-0.3, -0.25) is 9.59 Å². The fourth-order valence-corrected chi connectivity index (χ4v) is 9.70. The SMILES string of the molecule is CC/C=C\C/C=C\C/C=C\C/C=C\C/C=C\C/C=C\CC(O)C(=O)NC(COC1OC(CO)C(O)C(O)C1OC(=O)CCCCCCCCCCCCCCC/C=C\C/C=C\CCCCC)C(O)/C=C/CCCCCCCCCCCC. The lowest BCUT2D eigenvalue weighted by Gasteiger charge is -2.41. The quantitative estimate of drug-likeness (QED) is 0.0195. The Morgan fingerprint density at radius 2 is 0.878 bits per heavy atom. The van der Waals surface area contributed by atoms with Crippen LogP contribution in [-0.4, -0.2) is 99.6 Å². The molecule has 0 aromatic rings. The second-order valence-electron chi connectivity index (χ2n) is 22.5. The lowest BCUT2D eigenvalue weighted by atomic mass is 9.99. The summed E-state index contributed by atoms with van der Waals surface area (Å²) in [5.41, 5.74) is 0. The van der Waals surface area contributed by atoms with Crippen LogP contribution in [0.3, 0.4) is 0 Å². The number of unbranched alkanes of at least 4 members (excludes halogenated alkanes) is 26. The molecule has 1 aliphatic rings. The van der Waals surface area contributed by atoms with Gasteiger partial charge in [0.2, 0.25) is 5.91 Å². The summed E-state index contributed by atoms with van der Waals surface area (Å²) in [6.07, 6.45) is 68.6. The van der Waals surface area contributed by atoms with Crippen LogP contribution in [0, 0.1) is 0 Å². The van der Waals surface area contributed by atoms with Crippen molar-refractivity contribution in [2.75, 3.05) is 13.2 Å². The lowest BCUT2D eigenvalue weighted by Crippen LogP contribution is -2.61. The average molecular weight is 1150 g/mol. The molecule has 0 aromatic carbocycles. The van der Waals surface area contributed by atoms with Crippen LogP contribution in [0.4, 0.5) is 0 Å². The highest BCUT2D eigenvalue weighted by Gasteiger charge is 2.47. The number of amides is 1. The van der Waals surface area contributed by atoms with Crippen molar-refractivity contribution in [2.45, 2.75) is 314 Å². The van der Waals surface area contributed by atoms with Crippen LogP contribution in [0.5, 0.6) is 0 Å². The summed E-state index contributed by atoms with van der Waals surface area (Å²) in [7, 11) is 0. The number of hydrogen-bond acceptors (Lipinski definition) is 10. The Morgan fingerprint density at radius 1 is 0.488 bits per heavy atom. The van der Waals surface area contributed by atoms with E-state index in [0.717, 1.165) is 83.5 Å². The lowest BCUT2D eigenvalue weighted by molar-refractivity contribution is -0.305. The molecule has 0 aliphatic carbocycles. The van der Waals surface area contributed by atoms with Crippen molar-refractivity contribution in [3.63, 3.8) is 0 Å². The molecule has 8 atom stereocenters. The monoisotopic (exact) mass is 1150 g/mol.